The van der Waals surface area contributed by atoms with Crippen molar-refractivity contribution in [1.82, 2.24) is 0 Å². The topological polar surface area (TPSA) is 63.2 Å². The van der Waals surface area contributed by atoms with Gasteiger partial charge in [-0.3, -0.25) is 0 Å². The van der Waals surface area contributed by atoms with E-state index in [1.165, 1.54) is 0 Å². The molecule has 3 aliphatic rings. The zero-order valence-electron chi connectivity index (χ0n) is 13.7. The van der Waals surface area contributed by atoms with Gasteiger partial charge in [-0.25, -0.2) is 4.79 Å². The Kier molecular flexibility index (Phi) is 3.35. The van der Waals surface area contributed by atoms with Crippen molar-refractivity contribution in [2.24, 2.45) is 0 Å². The van der Waals surface area contributed by atoms with E-state index in [0.717, 1.165) is 22.4 Å². The summed E-state index contributed by atoms with van der Waals surface area (Å²) in [7, 11) is 0. The van der Waals surface area contributed by atoms with Gasteiger partial charge >= 0.3 is 5.97 Å². The van der Waals surface area contributed by atoms with Crippen molar-refractivity contribution in [1.29, 1.82) is 0 Å². The van der Waals surface area contributed by atoms with Crippen LogP contribution in [0.15, 0.2) is 47.5 Å². The summed E-state index contributed by atoms with van der Waals surface area (Å²) in [6.45, 7) is 0.683. The van der Waals surface area contributed by atoms with Gasteiger partial charge in [-0.1, -0.05) is 12.1 Å². The Labute approximate surface area is 149 Å². The molecule has 0 unspecified atom stereocenters. The minimum atomic E-state index is -0.338. The monoisotopic (exact) mass is 350 g/mol. The standard InChI is InChI=1S/C20H14O6/c21-20-15(6-13-2-4-17-19(8-13)26-11-24-17)14(9-22-20)5-12-1-3-16-18(7-12)25-10-23-16/h1-8H,9-11H2/b14-5+,15-6-. The third-order valence-electron chi connectivity index (χ3n) is 4.37. The average Bonchev–Trinajstić information content (AvgIpc) is 3.37. The van der Waals surface area contributed by atoms with E-state index in [1.807, 2.05) is 42.5 Å². The highest BCUT2D eigenvalue weighted by molar-refractivity contribution is 6.02. The Morgan fingerprint density at radius 1 is 0.692 bits per heavy atom. The quantitative estimate of drug-likeness (QED) is 0.612. The maximum absolute atomic E-state index is 12.2. The Balaban J connectivity index is 1.49. The van der Waals surface area contributed by atoms with Gasteiger partial charge in [0.1, 0.15) is 6.61 Å². The van der Waals surface area contributed by atoms with Crippen molar-refractivity contribution in [3.63, 3.8) is 0 Å². The second-order valence-corrected chi connectivity index (χ2v) is 6.03. The van der Waals surface area contributed by atoms with Crippen LogP contribution < -0.4 is 18.9 Å². The second-order valence-electron chi connectivity index (χ2n) is 6.03. The molecule has 6 nitrogen and oxygen atoms in total. The van der Waals surface area contributed by atoms with Crippen LogP contribution in [-0.2, 0) is 9.53 Å². The predicted octanol–water partition coefficient (Wildman–Crippen LogP) is 3.17. The molecule has 26 heavy (non-hydrogen) atoms. The zero-order valence-corrected chi connectivity index (χ0v) is 13.7. The van der Waals surface area contributed by atoms with Gasteiger partial charge in [-0.05, 0) is 47.5 Å². The summed E-state index contributed by atoms with van der Waals surface area (Å²) in [5.74, 6) is 2.46. The normalized spacial score (nSPS) is 20.1. The van der Waals surface area contributed by atoms with E-state index in [4.69, 9.17) is 23.7 Å². The number of rotatable bonds is 2. The first-order valence-corrected chi connectivity index (χ1v) is 8.15. The number of cyclic esters (lactones) is 1. The third kappa shape index (κ3) is 2.56. The van der Waals surface area contributed by atoms with Crippen LogP contribution in [0.2, 0.25) is 0 Å². The molecule has 0 atom stereocenters. The molecule has 2 aromatic rings. The summed E-state index contributed by atoms with van der Waals surface area (Å²) in [6, 6.07) is 11.2. The molecule has 0 bridgehead atoms. The summed E-state index contributed by atoms with van der Waals surface area (Å²) < 4.78 is 26.6. The van der Waals surface area contributed by atoms with Gasteiger partial charge in [0.2, 0.25) is 13.6 Å². The highest BCUT2D eigenvalue weighted by Gasteiger charge is 2.25. The van der Waals surface area contributed by atoms with Gasteiger partial charge < -0.3 is 23.7 Å². The number of benzene rings is 2. The molecule has 1 fully saturated rings. The molecular formula is C20H14O6. The van der Waals surface area contributed by atoms with Crippen molar-refractivity contribution in [3.8, 4) is 23.0 Å². The molecule has 2 aromatic carbocycles. The molecule has 130 valence electrons. The van der Waals surface area contributed by atoms with Crippen molar-refractivity contribution in [2.75, 3.05) is 20.2 Å². The predicted molar refractivity (Wildman–Crippen MR) is 92.0 cm³/mol. The first-order valence-electron chi connectivity index (χ1n) is 8.15. The second kappa shape index (κ2) is 5.84. The van der Waals surface area contributed by atoms with E-state index < -0.39 is 0 Å². The first-order chi connectivity index (χ1) is 12.8. The molecular weight excluding hydrogens is 336 g/mol. The van der Waals surface area contributed by atoms with Gasteiger partial charge in [-0.2, -0.15) is 0 Å². The number of carbonyl (C=O) groups is 1. The van der Waals surface area contributed by atoms with Crippen molar-refractivity contribution in [3.05, 3.63) is 58.7 Å². The number of hydrogen-bond acceptors (Lipinski definition) is 6. The lowest BCUT2D eigenvalue weighted by Gasteiger charge is -2.02. The fourth-order valence-corrected chi connectivity index (χ4v) is 3.07. The Morgan fingerprint density at radius 3 is 1.92 bits per heavy atom. The lowest BCUT2D eigenvalue weighted by atomic mass is 10.0. The summed E-state index contributed by atoms with van der Waals surface area (Å²) >= 11 is 0. The zero-order chi connectivity index (χ0) is 17.5. The van der Waals surface area contributed by atoms with Crippen molar-refractivity contribution >= 4 is 18.1 Å². The highest BCUT2D eigenvalue weighted by Crippen LogP contribution is 2.36. The summed E-state index contributed by atoms with van der Waals surface area (Å²) in [5.41, 5.74) is 3.10. The molecule has 0 aromatic heterocycles. The number of hydrogen-bond donors (Lipinski definition) is 0. The Morgan fingerprint density at radius 2 is 1.27 bits per heavy atom. The molecule has 0 N–H and O–H groups in total. The molecule has 0 saturated carbocycles. The smallest absolute Gasteiger partial charge is 0.338 e. The molecule has 5 rings (SSSR count). The first kappa shape index (κ1) is 14.9. The third-order valence-corrected chi connectivity index (χ3v) is 4.37. The van der Waals surface area contributed by atoms with E-state index in [9.17, 15) is 4.79 Å². The minimum absolute atomic E-state index is 0.215. The van der Waals surface area contributed by atoms with E-state index in [1.54, 1.807) is 6.08 Å². The molecule has 1 saturated heterocycles. The van der Waals surface area contributed by atoms with Crippen LogP contribution >= 0.6 is 0 Å². The molecule has 3 heterocycles. The SMILES string of the molecule is O=C1OCC(=C\c2ccc3c(c2)OCO3)/C1=C/c1ccc2c(c1)OCO2. The number of carbonyl (C=O) groups excluding carboxylic acids is 1. The van der Waals surface area contributed by atoms with Crippen LogP contribution in [0.25, 0.3) is 12.2 Å². The fraction of sp³-hybridized carbons (Fsp3) is 0.150. The van der Waals surface area contributed by atoms with Gasteiger partial charge in [-0.15, -0.1) is 0 Å². The van der Waals surface area contributed by atoms with Crippen molar-refractivity contribution < 1.29 is 28.5 Å². The van der Waals surface area contributed by atoms with Crippen LogP contribution in [0, 0.1) is 0 Å². The number of ether oxygens (including phenoxy) is 5. The van der Waals surface area contributed by atoms with Gasteiger partial charge in [0.25, 0.3) is 0 Å². The maximum atomic E-state index is 12.2. The van der Waals surface area contributed by atoms with E-state index in [-0.39, 0.29) is 26.2 Å². The number of fused-ring (bicyclic) bond motifs is 2. The van der Waals surface area contributed by atoms with Crippen LogP contribution in [0.4, 0.5) is 0 Å². The largest absolute Gasteiger partial charge is 0.457 e. The van der Waals surface area contributed by atoms with Crippen LogP contribution in [0.1, 0.15) is 11.1 Å². The Bertz CT molecular complexity index is 972. The number of esters is 1. The van der Waals surface area contributed by atoms with Crippen LogP contribution in [-0.4, -0.2) is 26.2 Å². The van der Waals surface area contributed by atoms with Gasteiger partial charge in [0, 0.05) is 5.57 Å². The summed E-state index contributed by atoms with van der Waals surface area (Å²) in [4.78, 5) is 12.2. The van der Waals surface area contributed by atoms with Gasteiger partial charge in [0.05, 0.1) is 5.57 Å². The van der Waals surface area contributed by atoms with Crippen LogP contribution in [0.5, 0.6) is 23.0 Å². The Hall–Kier alpha value is -3.41. The van der Waals surface area contributed by atoms with E-state index in [2.05, 4.69) is 0 Å². The van der Waals surface area contributed by atoms with Gasteiger partial charge in [0.15, 0.2) is 23.0 Å². The summed E-state index contributed by atoms with van der Waals surface area (Å²) in [5, 5.41) is 0. The minimum Gasteiger partial charge on any atom is -0.457 e. The molecule has 0 spiro atoms. The molecule has 6 heteroatoms. The lowest BCUT2D eigenvalue weighted by molar-refractivity contribution is -0.134. The maximum Gasteiger partial charge on any atom is 0.338 e. The van der Waals surface area contributed by atoms with Crippen molar-refractivity contribution in [2.45, 2.75) is 0 Å². The molecule has 0 amide bonds. The molecule has 3 aliphatic heterocycles. The summed E-state index contributed by atoms with van der Waals surface area (Å²) in [6.07, 6.45) is 3.72. The highest BCUT2D eigenvalue weighted by atomic mass is 16.7. The lowest BCUT2D eigenvalue weighted by Crippen LogP contribution is -1.95. The molecule has 0 aliphatic carbocycles. The molecule has 0 radical (unpaired) electrons. The van der Waals surface area contributed by atoms with Crippen LogP contribution in [0.3, 0.4) is 0 Å². The van der Waals surface area contributed by atoms with E-state index >= 15 is 0 Å². The van der Waals surface area contributed by atoms with E-state index in [0.29, 0.717) is 22.8 Å². The fourth-order valence-electron chi connectivity index (χ4n) is 3.07. The average molecular weight is 350 g/mol.